The van der Waals surface area contributed by atoms with Gasteiger partial charge in [0, 0.05) is 23.1 Å². The topological polar surface area (TPSA) is 101 Å². The minimum Gasteiger partial charge on any atom is -0.466 e. The lowest BCUT2D eigenvalue weighted by Crippen LogP contribution is -2.14. The van der Waals surface area contributed by atoms with Crippen LogP contribution in [0.1, 0.15) is 123 Å². The molecule has 1 amide bonds. The van der Waals surface area contributed by atoms with Crippen LogP contribution in [0.5, 0.6) is 0 Å². The van der Waals surface area contributed by atoms with Gasteiger partial charge in [0.1, 0.15) is 5.02 Å². The molecule has 2 heterocycles. The van der Waals surface area contributed by atoms with E-state index in [2.05, 4.69) is 48.2 Å². The lowest BCUT2D eigenvalue weighted by atomic mass is 9.92. The van der Waals surface area contributed by atoms with Gasteiger partial charge in [0.05, 0.1) is 18.7 Å². The highest BCUT2D eigenvalue weighted by molar-refractivity contribution is 6.34. The van der Waals surface area contributed by atoms with Crippen LogP contribution in [0.25, 0.3) is 17.0 Å². The van der Waals surface area contributed by atoms with Crippen LogP contribution in [0.3, 0.4) is 0 Å². The van der Waals surface area contributed by atoms with Gasteiger partial charge in [-0.05, 0) is 30.7 Å². The molecule has 226 valence electrons. The van der Waals surface area contributed by atoms with Gasteiger partial charge >= 0.3 is 5.97 Å². The Bertz CT molecular complexity index is 1230. The lowest BCUT2D eigenvalue weighted by molar-refractivity contribution is -0.144. The first-order chi connectivity index (χ1) is 19.7. The molecule has 0 aliphatic carbocycles. The molecule has 9 heteroatoms. The number of hydrogen-bond donors (Lipinski definition) is 2. The molecule has 1 aromatic carbocycles. The van der Waals surface area contributed by atoms with Crippen LogP contribution in [0.15, 0.2) is 24.3 Å². The number of rotatable bonds is 18. The number of nitrogens with one attached hydrogen (secondary N) is 2. The minimum absolute atomic E-state index is 0.0751. The number of carbonyl (C=O) groups is 2. The van der Waals surface area contributed by atoms with Gasteiger partial charge < -0.3 is 10.1 Å². The van der Waals surface area contributed by atoms with E-state index in [1.165, 1.54) is 64.2 Å². The first kappa shape index (κ1) is 32.6. The highest BCUT2D eigenvalue weighted by Gasteiger charge is 2.25. The number of esters is 1. The van der Waals surface area contributed by atoms with E-state index >= 15 is 0 Å². The SMILES string of the molecule is CCCCCCCCCCCCCCOC(=O)CCC(=O)Nc1ccc(-c2nc3c(Cl)c(C(C)(C)C)nn3[nH]2)cc1. The summed E-state index contributed by atoms with van der Waals surface area (Å²) >= 11 is 6.51. The molecule has 8 nitrogen and oxygen atoms in total. The summed E-state index contributed by atoms with van der Waals surface area (Å²) < 4.78 is 6.89. The predicted octanol–water partition coefficient (Wildman–Crippen LogP) is 8.64. The first-order valence-electron chi connectivity index (χ1n) is 15.4. The Balaban J connectivity index is 1.27. The largest absolute Gasteiger partial charge is 0.466 e. The van der Waals surface area contributed by atoms with E-state index < -0.39 is 0 Å². The number of hydrogen-bond acceptors (Lipinski definition) is 5. The van der Waals surface area contributed by atoms with Crippen LogP contribution in [0, 0.1) is 0 Å². The van der Waals surface area contributed by atoms with Crippen molar-refractivity contribution in [1.82, 2.24) is 19.8 Å². The van der Waals surface area contributed by atoms with Gasteiger partial charge in [-0.15, -0.1) is 0 Å². The van der Waals surface area contributed by atoms with Gasteiger partial charge in [-0.1, -0.05) is 110 Å². The number of carbonyl (C=O) groups excluding carboxylic acids is 2. The Morgan fingerprint density at radius 2 is 1.49 bits per heavy atom. The number of ether oxygens (including phenoxy) is 1. The van der Waals surface area contributed by atoms with Gasteiger partial charge in [-0.2, -0.15) is 9.73 Å². The molecule has 0 spiro atoms. The molecule has 0 bridgehead atoms. The van der Waals surface area contributed by atoms with E-state index in [9.17, 15) is 9.59 Å². The number of fused-ring (bicyclic) bond motifs is 1. The molecule has 0 unspecified atom stereocenters. The van der Waals surface area contributed by atoms with Crippen molar-refractivity contribution in [2.45, 2.75) is 123 Å². The number of benzene rings is 1. The molecule has 3 aromatic rings. The summed E-state index contributed by atoms with van der Waals surface area (Å²) in [5, 5.41) is 11.1. The van der Waals surface area contributed by atoms with Crippen molar-refractivity contribution in [1.29, 1.82) is 0 Å². The maximum absolute atomic E-state index is 12.3. The second kappa shape index (κ2) is 16.5. The number of halogens is 1. The molecule has 0 atom stereocenters. The van der Waals surface area contributed by atoms with Crippen LogP contribution in [0.4, 0.5) is 5.69 Å². The number of anilines is 1. The van der Waals surface area contributed by atoms with Crippen LogP contribution < -0.4 is 5.32 Å². The van der Waals surface area contributed by atoms with Gasteiger partial charge in [-0.25, -0.2) is 4.98 Å². The maximum atomic E-state index is 12.3. The summed E-state index contributed by atoms with van der Waals surface area (Å²) in [7, 11) is 0. The summed E-state index contributed by atoms with van der Waals surface area (Å²) in [6.45, 7) is 8.84. The molecule has 0 aliphatic rings. The summed E-state index contributed by atoms with van der Waals surface area (Å²) in [5.74, 6) is 0.0800. The maximum Gasteiger partial charge on any atom is 0.306 e. The number of aromatic nitrogens is 4. The quantitative estimate of drug-likeness (QED) is 0.115. The Labute approximate surface area is 250 Å². The number of aromatic amines is 1. The molecule has 2 aromatic heterocycles. The average molecular weight is 586 g/mol. The van der Waals surface area contributed by atoms with Crippen LogP contribution in [0.2, 0.25) is 5.02 Å². The summed E-state index contributed by atoms with van der Waals surface area (Å²) in [6.07, 6.45) is 15.4. The lowest BCUT2D eigenvalue weighted by Gasteiger charge is -2.14. The highest BCUT2D eigenvalue weighted by atomic mass is 35.5. The molecule has 0 saturated carbocycles. The molecule has 3 rings (SSSR count). The van der Waals surface area contributed by atoms with E-state index in [4.69, 9.17) is 16.3 Å². The third kappa shape index (κ3) is 10.8. The second-order valence-electron chi connectivity index (χ2n) is 12.0. The number of amides is 1. The third-order valence-electron chi connectivity index (χ3n) is 7.20. The highest BCUT2D eigenvalue weighted by Crippen LogP contribution is 2.32. The van der Waals surface area contributed by atoms with E-state index in [1.54, 1.807) is 16.8 Å². The zero-order valence-electron chi connectivity index (χ0n) is 25.4. The van der Waals surface area contributed by atoms with Gasteiger partial charge in [0.2, 0.25) is 5.91 Å². The minimum atomic E-state index is -0.324. The zero-order valence-corrected chi connectivity index (χ0v) is 26.1. The van der Waals surface area contributed by atoms with Gasteiger partial charge in [0.15, 0.2) is 11.5 Å². The summed E-state index contributed by atoms with van der Waals surface area (Å²) in [4.78, 5) is 29.0. The van der Waals surface area contributed by atoms with Gasteiger partial charge in [-0.3, -0.25) is 14.7 Å². The Kier molecular flexibility index (Phi) is 13.2. The Morgan fingerprint density at radius 3 is 2.05 bits per heavy atom. The fourth-order valence-corrected chi connectivity index (χ4v) is 5.20. The molecule has 0 fully saturated rings. The standard InChI is InChI=1S/C32H48ClN5O3/c1-5-6-7-8-9-10-11-12-13-14-15-16-23-41-27(40)22-21-26(39)34-25-19-17-24(18-20-25)30-35-31-28(33)29(32(2,3)4)36-38(31)37-30/h17-20H,5-16,21-23H2,1-4H3,(H,34,39)(H,35,37). The van der Waals surface area contributed by atoms with E-state index in [0.717, 1.165) is 24.1 Å². The van der Waals surface area contributed by atoms with Crippen molar-refractivity contribution in [2.75, 3.05) is 11.9 Å². The normalized spacial score (nSPS) is 11.7. The predicted molar refractivity (Wildman–Crippen MR) is 166 cm³/mol. The molecular weight excluding hydrogens is 538 g/mol. The van der Waals surface area contributed by atoms with Crippen molar-refractivity contribution in [3.05, 3.63) is 35.0 Å². The van der Waals surface area contributed by atoms with Crippen molar-refractivity contribution in [3.63, 3.8) is 0 Å². The second-order valence-corrected chi connectivity index (χ2v) is 12.3. The fourth-order valence-electron chi connectivity index (χ4n) is 4.76. The molecule has 0 radical (unpaired) electrons. The molecule has 0 saturated heterocycles. The molecule has 0 aliphatic heterocycles. The van der Waals surface area contributed by atoms with Crippen molar-refractivity contribution >= 4 is 34.8 Å². The molecule has 2 N–H and O–H groups in total. The van der Waals surface area contributed by atoms with Crippen molar-refractivity contribution < 1.29 is 14.3 Å². The van der Waals surface area contributed by atoms with Crippen LogP contribution >= 0.6 is 11.6 Å². The van der Waals surface area contributed by atoms with Crippen molar-refractivity contribution in [3.8, 4) is 11.4 Å². The van der Waals surface area contributed by atoms with E-state index in [0.29, 0.717) is 28.8 Å². The fraction of sp³-hybridized carbons (Fsp3) is 0.625. The van der Waals surface area contributed by atoms with Crippen LogP contribution in [-0.4, -0.2) is 38.3 Å². The van der Waals surface area contributed by atoms with Crippen molar-refractivity contribution in [2.24, 2.45) is 0 Å². The van der Waals surface area contributed by atoms with E-state index in [1.807, 2.05) is 12.1 Å². The zero-order chi connectivity index (χ0) is 29.7. The Hall–Kier alpha value is -2.87. The number of H-pyrrole nitrogens is 1. The third-order valence-corrected chi connectivity index (χ3v) is 7.55. The first-order valence-corrected chi connectivity index (χ1v) is 15.8. The molecule has 41 heavy (non-hydrogen) atoms. The summed E-state index contributed by atoms with van der Waals surface area (Å²) in [6, 6.07) is 7.31. The Morgan fingerprint density at radius 1 is 0.902 bits per heavy atom. The number of nitrogens with zero attached hydrogens (tertiary/aromatic N) is 3. The molecular formula is C32H48ClN5O3. The van der Waals surface area contributed by atoms with E-state index in [-0.39, 0.29) is 30.1 Å². The van der Waals surface area contributed by atoms with Gasteiger partial charge in [0.25, 0.3) is 0 Å². The monoisotopic (exact) mass is 585 g/mol. The average Bonchev–Trinajstić information content (AvgIpc) is 3.50. The summed E-state index contributed by atoms with van der Waals surface area (Å²) in [5.41, 5.74) is 2.66. The smallest absolute Gasteiger partial charge is 0.306 e. The van der Waals surface area contributed by atoms with Crippen LogP contribution in [-0.2, 0) is 19.7 Å². The number of unbranched alkanes of at least 4 members (excludes halogenated alkanes) is 11.